The van der Waals surface area contributed by atoms with Crippen molar-refractivity contribution in [2.24, 2.45) is 5.92 Å². The highest BCUT2D eigenvalue weighted by molar-refractivity contribution is 7.89. The monoisotopic (exact) mass is 447 g/mol. The third-order valence-electron chi connectivity index (χ3n) is 6.87. The first-order valence-electron chi connectivity index (χ1n) is 11.7. The highest BCUT2D eigenvalue weighted by Crippen LogP contribution is 2.29. The van der Waals surface area contributed by atoms with E-state index < -0.39 is 10.0 Å². The van der Waals surface area contributed by atoms with Gasteiger partial charge in [-0.2, -0.15) is 4.31 Å². The summed E-state index contributed by atoms with van der Waals surface area (Å²) < 4.78 is 27.4. The number of carbonyl (C=O) groups is 2. The molecule has 3 fully saturated rings. The number of likely N-dealkylation sites (tertiary alicyclic amines) is 1. The van der Waals surface area contributed by atoms with Crippen molar-refractivity contribution in [3.05, 3.63) is 24.3 Å². The van der Waals surface area contributed by atoms with Gasteiger partial charge in [0.15, 0.2) is 0 Å². The van der Waals surface area contributed by atoms with E-state index >= 15 is 0 Å². The Balaban J connectivity index is 1.36. The molecule has 0 aromatic heterocycles. The topological polar surface area (TPSA) is 86.8 Å². The van der Waals surface area contributed by atoms with Gasteiger partial charge in [0.25, 0.3) is 0 Å². The minimum Gasteiger partial charge on any atom is -0.339 e. The van der Waals surface area contributed by atoms with Crippen LogP contribution in [0.5, 0.6) is 0 Å². The number of nitrogens with zero attached hydrogens (tertiary/aromatic N) is 2. The van der Waals surface area contributed by atoms with Crippen LogP contribution in [0.4, 0.5) is 5.69 Å². The first kappa shape index (κ1) is 22.3. The van der Waals surface area contributed by atoms with Gasteiger partial charge in [-0.05, 0) is 49.9 Å². The Kier molecular flexibility index (Phi) is 6.96. The number of benzene rings is 1. The molecule has 0 radical (unpaired) electrons. The summed E-state index contributed by atoms with van der Waals surface area (Å²) in [6, 6.07) is 6.67. The van der Waals surface area contributed by atoms with Crippen LogP contribution in [-0.2, 0) is 19.6 Å². The van der Waals surface area contributed by atoms with Crippen molar-refractivity contribution in [1.29, 1.82) is 0 Å². The van der Waals surface area contributed by atoms with Gasteiger partial charge in [-0.1, -0.05) is 32.1 Å². The zero-order chi connectivity index (χ0) is 21.8. The molecule has 1 aromatic rings. The van der Waals surface area contributed by atoms with Crippen LogP contribution in [0, 0.1) is 5.92 Å². The minimum absolute atomic E-state index is 0.0749. The van der Waals surface area contributed by atoms with Crippen LogP contribution in [0.3, 0.4) is 0 Å². The van der Waals surface area contributed by atoms with E-state index in [0.717, 1.165) is 51.4 Å². The summed E-state index contributed by atoms with van der Waals surface area (Å²) in [5.41, 5.74) is 0.559. The van der Waals surface area contributed by atoms with Gasteiger partial charge in [-0.3, -0.25) is 9.59 Å². The third kappa shape index (κ3) is 5.12. The van der Waals surface area contributed by atoms with E-state index in [1.54, 1.807) is 28.6 Å². The summed E-state index contributed by atoms with van der Waals surface area (Å²) >= 11 is 0. The number of rotatable bonds is 5. The van der Waals surface area contributed by atoms with Gasteiger partial charge in [0.2, 0.25) is 21.8 Å². The molecule has 2 heterocycles. The summed E-state index contributed by atoms with van der Waals surface area (Å²) in [6.07, 6.45) is 9.78. The van der Waals surface area contributed by atoms with Crippen LogP contribution < -0.4 is 5.32 Å². The lowest BCUT2D eigenvalue weighted by Crippen LogP contribution is -2.38. The first-order valence-corrected chi connectivity index (χ1v) is 13.1. The molecular formula is C23H33N3O4S. The molecular weight excluding hydrogens is 414 g/mol. The average Bonchev–Trinajstić information content (AvgIpc) is 2.98. The van der Waals surface area contributed by atoms with Crippen molar-refractivity contribution >= 4 is 27.5 Å². The molecule has 8 heteroatoms. The molecule has 1 aliphatic carbocycles. The van der Waals surface area contributed by atoms with Gasteiger partial charge >= 0.3 is 0 Å². The van der Waals surface area contributed by atoms with E-state index in [2.05, 4.69) is 5.32 Å². The van der Waals surface area contributed by atoms with Crippen molar-refractivity contribution in [3.63, 3.8) is 0 Å². The predicted molar refractivity (Wildman–Crippen MR) is 119 cm³/mol. The van der Waals surface area contributed by atoms with Crippen molar-refractivity contribution in [1.82, 2.24) is 9.21 Å². The first-order chi connectivity index (χ1) is 14.9. The summed E-state index contributed by atoms with van der Waals surface area (Å²) in [5, 5.41) is 2.87. The van der Waals surface area contributed by atoms with Crippen LogP contribution in [0.1, 0.15) is 64.2 Å². The molecule has 7 nitrogen and oxygen atoms in total. The summed E-state index contributed by atoms with van der Waals surface area (Å²) in [4.78, 5) is 27.3. The second kappa shape index (κ2) is 9.69. The maximum absolute atomic E-state index is 12.9. The molecule has 2 amide bonds. The van der Waals surface area contributed by atoms with E-state index in [-0.39, 0.29) is 35.1 Å². The molecule has 1 saturated carbocycles. The Morgan fingerprint density at radius 1 is 0.903 bits per heavy atom. The number of carbonyl (C=O) groups excluding carboxylic acids is 2. The van der Waals surface area contributed by atoms with Crippen LogP contribution in [0.25, 0.3) is 0 Å². The van der Waals surface area contributed by atoms with Gasteiger partial charge < -0.3 is 10.2 Å². The predicted octanol–water partition coefficient (Wildman–Crippen LogP) is 3.37. The summed E-state index contributed by atoms with van der Waals surface area (Å²) in [5.74, 6) is -0.448. The van der Waals surface area contributed by atoms with Gasteiger partial charge in [-0.15, -0.1) is 0 Å². The highest BCUT2D eigenvalue weighted by atomic mass is 32.2. The fourth-order valence-corrected chi connectivity index (χ4v) is 6.56. The van der Waals surface area contributed by atoms with E-state index in [9.17, 15) is 18.0 Å². The highest BCUT2D eigenvalue weighted by Gasteiger charge is 2.38. The van der Waals surface area contributed by atoms with Crippen LogP contribution >= 0.6 is 0 Å². The molecule has 1 aromatic carbocycles. The molecule has 31 heavy (non-hydrogen) atoms. The molecule has 4 rings (SSSR count). The normalized spacial score (nSPS) is 24.2. The summed E-state index contributed by atoms with van der Waals surface area (Å²) in [6.45, 7) is 1.61. The van der Waals surface area contributed by atoms with Crippen LogP contribution in [0.15, 0.2) is 29.2 Å². The molecule has 1 N–H and O–H groups in total. The molecule has 0 spiro atoms. The molecule has 2 saturated heterocycles. The largest absolute Gasteiger partial charge is 0.339 e. The Morgan fingerprint density at radius 3 is 2.16 bits per heavy atom. The lowest BCUT2D eigenvalue weighted by atomic mass is 9.94. The zero-order valence-electron chi connectivity index (χ0n) is 18.1. The molecule has 0 bridgehead atoms. The fraction of sp³-hybridized carbons (Fsp3) is 0.652. The van der Waals surface area contributed by atoms with E-state index in [1.807, 2.05) is 4.90 Å². The molecule has 1 atom stereocenters. The molecule has 3 aliphatic rings. The molecule has 2 aliphatic heterocycles. The van der Waals surface area contributed by atoms with Crippen molar-refractivity contribution in [2.75, 3.05) is 25.0 Å². The average molecular weight is 448 g/mol. The standard InChI is InChI=1S/C23H33N3O4S/c27-22-16-18(17-26(22)20-8-4-3-5-9-20)23(28)24-19-10-12-21(13-11-19)31(29,30)25-14-6-1-2-7-15-25/h10-13,18,20H,1-9,14-17H2,(H,24,28)/t18-/m0/s1. The number of hydrogen-bond donors (Lipinski definition) is 1. The number of sulfonamides is 1. The van der Waals surface area contributed by atoms with Gasteiger partial charge in [0, 0.05) is 37.8 Å². The van der Waals surface area contributed by atoms with Crippen molar-refractivity contribution < 1.29 is 18.0 Å². The van der Waals surface area contributed by atoms with E-state index in [1.165, 1.54) is 6.42 Å². The van der Waals surface area contributed by atoms with Crippen molar-refractivity contribution in [2.45, 2.75) is 75.1 Å². The maximum atomic E-state index is 12.9. The third-order valence-corrected chi connectivity index (χ3v) is 8.78. The summed E-state index contributed by atoms with van der Waals surface area (Å²) in [7, 11) is -3.50. The number of nitrogens with one attached hydrogen (secondary N) is 1. The number of amides is 2. The number of hydrogen-bond acceptors (Lipinski definition) is 4. The smallest absolute Gasteiger partial charge is 0.243 e. The second-order valence-electron chi connectivity index (χ2n) is 9.07. The van der Waals surface area contributed by atoms with Gasteiger partial charge in [0.05, 0.1) is 10.8 Å². The second-order valence-corrected chi connectivity index (χ2v) is 11.0. The van der Waals surface area contributed by atoms with Gasteiger partial charge in [0.1, 0.15) is 0 Å². The zero-order valence-corrected chi connectivity index (χ0v) is 18.9. The van der Waals surface area contributed by atoms with Crippen LogP contribution in [0.2, 0.25) is 0 Å². The van der Waals surface area contributed by atoms with E-state index in [4.69, 9.17) is 0 Å². The minimum atomic E-state index is -3.50. The lowest BCUT2D eigenvalue weighted by molar-refractivity contribution is -0.130. The maximum Gasteiger partial charge on any atom is 0.243 e. The van der Waals surface area contributed by atoms with Crippen LogP contribution in [-0.4, -0.2) is 55.1 Å². The SMILES string of the molecule is O=C(Nc1ccc(S(=O)(=O)N2CCCCCC2)cc1)[C@H]1CC(=O)N(C2CCCCC2)C1. The fourth-order valence-electron chi connectivity index (χ4n) is 5.04. The lowest BCUT2D eigenvalue weighted by Gasteiger charge is -2.31. The van der Waals surface area contributed by atoms with E-state index in [0.29, 0.717) is 25.3 Å². The number of anilines is 1. The molecule has 0 unspecified atom stereocenters. The quantitative estimate of drug-likeness (QED) is 0.750. The van der Waals surface area contributed by atoms with Gasteiger partial charge in [-0.25, -0.2) is 8.42 Å². The Bertz CT molecular complexity index is 886. The molecule has 170 valence electrons. The Hall–Kier alpha value is -1.93. The Labute approximate surface area is 185 Å². The Morgan fingerprint density at radius 2 is 1.52 bits per heavy atom. The van der Waals surface area contributed by atoms with Crippen molar-refractivity contribution in [3.8, 4) is 0 Å².